The highest BCUT2D eigenvalue weighted by Gasteiger charge is 2.32. The van der Waals surface area contributed by atoms with Crippen LogP contribution in [0.4, 0.5) is 10.4 Å². The van der Waals surface area contributed by atoms with E-state index in [1.807, 2.05) is 0 Å². The van der Waals surface area contributed by atoms with E-state index in [0.29, 0.717) is 18.5 Å². The summed E-state index contributed by atoms with van der Waals surface area (Å²) >= 11 is 0. The zero-order valence-electron chi connectivity index (χ0n) is 15.7. The van der Waals surface area contributed by atoms with E-state index in [1.54, 1.807) is 24.4 Å². The highest BCUT2D eigenvalue weighted by atomic mass is 32.2. The Morgan fingerprint density at radius 3 is 2.50 bits per heavy atom. The van der Waals surface area contributed by atoms with Gasteiger partial charge in [-0.25, -0.2) is 12.8 Å². The number of anilines is 1. The number of benzene rings is 1. The SMILES string of the molecule is O=C(Nc1nnc(-c2ccccn2)o1)C1CCN(S(=O)(=O)c2ccc(F)cc2)CC1. The molecule has 9 nitrogen and oxygen atoms in total. The second-order valence-corrected chi connectivity index (χ2v) is 8.69. The molecule has 1 aliphatic heterocycles. The Labute approximate surface area is 172 Å². The number of carbonyl (C=O) groups excluding carboxylic acids is 1. The molecule has 1 fully saturated rings. The van der Waals surface area contributed by atoms with E-state index in [4.69, 9.17) is 4.42 Å². The van der Waals surface area contributed by atoms with Crippen molar-refractivity contribution in [2.24, 2.45) is 5.92 Å². The summed E-state index contributed by atoms with van der Waals surface area (Å²) in [6.45, 7) is 0.363. The van der Waals surface area contributed by atoms with Crippen LogP contribution < -0.4 is 5.32 Å². The fourth-order valence-corrected chi connectivity index (χ4v) is 4.66. The zero-order chi connectivity index (χ0) is 21.1. The first-order valence-corrected chi connectivity index (χ1v) is 10.7. The minimum Gasteiger partial charge on any atom is -0.401 e. The molecule has 4 rings (SSSR count). The minimum atomic E-state index is -3.73. The Bertz CT molecular complexity index is 1130. The summed E-state index contributed by atoms with van der Waals surface area (Å²) in [6, 6.07) is 9.88. The van der Waals surface area contributed by atoms with Crippen LogP contribution in [0.15, 0.2) is 58.0 Å². The molecule has 156 valence electrons. The molecule has 1 aliphatic rings. The van der Waals surface area contributed by atoms with Gasteiger partial charge in [0.05, 0.1) is 4.90 Å². The lowest BCUT2D eigenvalue weighted by molar-refractivity contribution is -0.121. The quantitative estimate of drug-likeness (QED) is 0.658. The second-order valence-electron chi connectivity index (χ2n) is 6.75. The van der Waals surface area contributed by atoms with Gasteiger partial charge < -0.3 is 4.42 Å². The van der Waals surface area contributed by atoms with Crippen LogP contribution in [-0.4, -0.2) is 46.9 Å². The number of amides is 1. The number of carbonyl (C=O) groups is 1. The van der Waals surface area contributed by atoms with E-state index in [1.165, 1.54) is 16.4 Å². The van der Waals surface area contributed by atoms with E-state index in [-0.39, 0.29) is 35.8 Å². The molecule has 0 bridgehead atoms. The van der Waals surface area contributed by atoms with Crippen LogP contribution in [0.5, 0.6) is 0 Å². The van der Waals surface area contributed by atoms with Crippen LogP contribution in [0.1, 0.15) is 12.8 Å². The number of hydrogen-bond donors (Lipinski definition) is 1. The molecule has 11 heteroatoms. The lowest BCUT2D eigenvalue weighted by Gasteiger charge is -2.30. The van der Waals surface area contributed by atoms with Crippen molar-refractivity contribution in [3.63, 3.8) is 0 Å². The number of piperidine rings is 1. The Morgan fingerprint density at radius 1 is 1.10 bits per heavy atom. The number of pyridine rings is 1. The number of nitrogens with one attached hydrogen (secondary N) is 1. The summed E-state index contributed by atoms with van der Waals surface area (Å²) in [5, 5.41) is 10.2. The largest absolute Gasteiger partial charge is 0.401 e. The van der Waals surface area contributed by atoms with Gasteiger partial charge in [0.1, 0.15) is 11.5 Å². The Morgan fingerprint density at radius 2 is 1.83 bits per heavy atom. The highest BCUT2D eigenvalue weighted by Crippen LogP contribution is 2.25. The fraction of sp³-hybridized carbons (Fsp3) is 0.263. The molecule has 0 spiro atoms. The van der Waals surface area contributed by atoms with E-state index < -0.39 is 21.8 Å². The molecule has 30 heavy (non-hydrogen) atoms. The number of halogens is 1. The zero-order valence-corrected chi connectivity index (χ0v) is 16.5. The van der Waals surface area contributed by atoms with Gasteiger partial charge in [-0.1, -0.05) is 11.2 Å². The van der Waals surface area contributed by atoms with Crippen LogP contribution in [0, 0.1) is 11.7 Å². The smallest absolute Gasteiger partial charge is 0.322 e. The summed E-state index contributed by atoms with van der Waals surface area (Å²) < 4.78 is 45.1. The van der Waals surface area contributed by atoms with Crippen LogP contribution in [-0.2, 0) is 14.8 Å². The van der Waals surface area contributed by atoms with Gasteiger partial charge in [0.2, 0.25) is 15.9 Å². The van der Waals surface area contributed by atoms with Crippen molar-refractivity contribution in [2.75, 3.05) is 18.4 Å². The summed E-state index contributed by atoms with van der Waals surface area (Å²) in [6.07, 6.45) is 2.27. The van der Waals surface area contributed by atoms with E-state index in [0.717, 1.165) is 12.1 Å². The Kier molecular flexibility index (Phi) is 5.55. The fourth-order valence-electron chi connectivity index (χ4n) is 3.19. The summed E-state index contributed by atoms with van der Waals surface area (Å²) in [5.74, 6) is -1.03. The van der Waals surface area contributed by atoms with Crippen LogP contribution in [0.25, 0.3) is 11.6 Å². The van der Waals surface area contributed by atoms with Crippen LogP contribution in [0.3, 0.4) is 0 Å². The number of hydrogen-bond acceptors (Lipinski definition) is 7. The van der Waals surface area contributed by atoms with Gasteiger partial charge in [0.25, 0.3) is 5.89 Å². The molecule has 0 atom stereocenters. The highest BCUT2D eigenvalue weighted by molar-refractivity contribution is 7.89. The number of rotatable bonds is 5. The maximum absolute atomic E-state index is 13.1. The predicted molar refractivity (Wildman–Crippen MR) is 104 cm³/mol. The van der Waals surface area contributed by atoms with Gasteiger partial charge in [-0.05, 0) is 49.2 Å². The third kappa shape index (κ3) is 4.21. The maximum Gasteiger partial charge on any atom is 0.322 e. The summed E-state index contributed by atoms with van der Waals surface area (Å²) in [5.41, 5.74) is 0.491. The molecule has 3 aromatic rings. The number of sulfonamides is 1. The summed E-state index contributed by atoms with van der Waals surface area (Å²) in [4.78, 5) is 16.6. The average molecular weight is 431 g/mol. The summed E-state index contributed by atoms with van der Waals surface area (Å²) in [7, 11) is -3.73. The lowest BCUT2D eigenvalue weighted by Crippen LogP contribution is -2.41. The first-order chi connectivity index (χ1) is 14.4. The van der Waals surface area contributed by atoms with Gasteiger partial charge in [0, 0.05) is 25.2 Å². The predicted octanol–water partition coefficient (Wildman–Crippen LogP) is 2.31. The molecular weight excluding hydrogens is 413 g/mol. The molecule has 2 aromatic heterocycles. The van der Waals surface area contributed by atoms with Crippen molar-refractivity contribution < 1.29 is 22.0 Å². The number of nitrogens with zero attached hydrogens (tertiary/aromatic N) is 4. The Balaban J connectivity index is 1.36. The Hall–Kier alpha value is -3.18. The molecule has 0 saturated carbocycles. The minimum absolute atomic E-state index is 0.0275. The van der Waals surface area contributed by atoms with Crippen molar-refractivity contribution in [3.05, 3.63) is 54.5 Å². The standard InChI is InChI=1S/C19H18FN5O4S/c20-14-4-6-15(7-5-14)30(27,28)25-11-8-13(9-12-25)17(26)22-19-24-23-18(29-19)16-3-1-2-10-21-16/h1-7,10,13H,8-9,11-12H2,(H,22,24,26). The molecule has 0 unspecified atom stereocenters. The van der Waals surface area contributed by atoms with Crippen molar-refractivity contribution in [2.45, 2.75) is 17.7 Å². The van der Waals surface area contributed by atoms with Crippen molar-refractivity contribution in [3.8, 4) is 11.6 Å². The lowest BCUT2D eigenvalue weighted by atomic mass is 9.97. The van der Waals surface area contributed by atoms with Crippen molar-refractivity contribution in [1.29, 1.82) is 0 Å². The first-order valence-electron chi connectivity index (χ1n) is 9.25. The van der Waals surface area contributed by atoms with E-state index in [2.05, 4.69) is 20.5 Å². The van der Waals surface area contributed by atoms with Crippen LogP contribution >= 0.6 is 0 Å². The second kappa shape index (κ2) is 8.28. The van der Waals surface area contributed by atoms with E-state index in [9.17, 15) is 17.6 Å². The van der Waals surface area contributed by atoms with Gasteiger partial charge in [0.15, 0.2) is 0 Å². The molecule has 0 radical (unpaired) electrons. The first kappa shape index (κ1) is 20.1. The van der Waals surface area contributed by atoms with E-state index >= 15 is 0 Å². The van der Waals surface area contributed by atoms with Crippen LogP contribution in [0.2, 0.25) is 0 Å². The maximum atomic E-state index is 13.1. The molecule has 1 amide bonds. The van der Waals surface area contributed by atoms with Crippen molar-refractivity contribution in [1.82, 2.24) is 19.5 Å². The van der Waals surface area contributed by atoms with Gasteiger partial charge in [-0.3, -0.25) is 15.1 Å². The van der Waals surface area contributed by atoms with Crippen molar-refractivity contribution >= 4 is 21.9 Å². The topological polar surface area (TPSA) is 118 Å². The monoisotopic (exact) mass is 431 g/mol. The molecule has 1 aromatic carbocycles. The molecule has 1 saturated heterocycles. The molecular formula is C19H18FN5O4S. The third-order valence-corrected chi connectivity index (χ3v) is 6.73. The molecule has 0 aliphatic carbocycles. The van der Waals surface area contributed by atoms with Gasteiger partial charge >= 0.3 is 6.01 Å². The number of aromatic nitrogens is 3. The molecule has 1 N–H and O–H groups in total. The van der Waals surface area contributed by atoms with Gasteiger partial charge in [-0.15, -0.1) is 5.10 Å². The molecule has 3 heterocycles. The normalized spacial score (nSPS) is 15.8. The van der Waals surface area contributed by atoms with Gasteiger partial charge in [-0.2, -0.15) is 4.31 Å². The third-order valence-electron chi connectivity index (χ3n) is 4.82. The average Bonchev–Trinajstić information content (AvgIpc) is 3.23.